The first kappa shape index (κ1) is 10.3. The third kappa shape index (κ3) is 1.67. The molecule has 0 fully saturated rings. The van der Waals surface area contributed by atoms with Crippen molar-refractivity contribution < 1.29 is 0 Å². The van der Waals surface area contributed by atoms with Gasteiger partial charge in [0.25, 0.3) is 0 Å². The highest BCUT2D eigenvalue weighted by molar-refractivity contribution is 9.10. The molecule has 16 heavy (non-hydrogen) atoms. The van der Waals surface area contributed by atoms with E-state index >= 15 is 0 Å². The molecule has 0 amide bonds. The number of rotatable bonds is 1. The molecule has 0 bridgehead atoms. The number of thiophene rings is 1. The van der Waals surface area contributed by atoms with Gasteiger partial charge in [-0.1, -0.05) is 11.6 Å². The fourth-order valence-corrected chi connectivity index (χ4v) is 3.23. The summed E-state index contributed by atoms with van der Waals surface area (Å²) < 4.78 is 1.06. The van der Waals surface area contributed by atoms with Gasteiger partial charge in [-0.3, -0.25) is 0 Å². The molecule has 1 aromatic carbocycles. The Morgan fingerprint density at radius 3 is 2.94 bits per heavy atom. The minimum atomic E-state index is 0.716. The Kier molecular flexibility index (Phi) is 2.50. The fourth-order valence-electron chi connectivity index (χ4n) is 1.55. The molecule has 0 aliphatic rings. The number of aromatic amines is 1. The van der Waals surface area contributed by atoms with Crippen LogP contribution in [0.5, 0.6) is 0 Å². The van der Waals surface area contributed by atoms with Crippen molar-refractivity contribution in [3.8, 4) is 10.7 Å². The Morgan fingerprint density at radius 1 is 1.31 bits per heavy atom. The monoisotopic (exact) mass is 312 g/mol. The van der Waals surface area contributed by atoms with Crippen molar-refractivity contribution in [1.29, 1.82) is 0 Å². The molecule has 3 rings (SSSR count). The summed E-state index contributed by atoms with van der Waals surface area (Å²) in [5.41, 5.74) is 1.89. The largest absolute Gasteiger partial charge is 0.337 e. The van der Waals surface area contributed by atoms with Crippen molar-refractivity contribution >= 4 is 49.9 Å². The molecule has 5 heteroatoms. The topological polar surface area (TPSA) is 28.7 Å². The van der Waals surface area contributed by atoms with Gasteiger partial charge >= 0.3 is 0 Å². The SMILES string of the molecule is Clc1ccc2nc(-c3sccc3Br)[nH]c2c1. The number of hydrogen-bond acceptors (Lipinski definition) is 2. The minimum Gasteiger partial charge on any atom is -0.337 e. The first-order valence-corrected chi connectivity index (χ1v) is 6.68. The molecule has 3 aromatic rings. The van der Waals surface area contributed by atoms with Crippen LogP contribution in [0.3, 0.4) is 0 Å². The number of aromatic nitrogens is 2. The zero-order valence-electron chi connectivity index (χ0n) is 8.00. The van der Waals surface area contributed by atoms with Crippen LogP contribution in [0.4, 0.5) is 0 Å². The normalized spacial score (nSPS) is 11.1. The van der Waals surface area contributed by atoms with Crippen LogP contribution in [-0.4, -0.2) is 9.97 Å². The quantitative estimate of drug-likeness (QED) is 0.692. The van der Waals surface area contributed by atoms with Gasteiger partial charge in [0.05, 0.1) is 15.9 Å². The van der Waals surface area contributed by atoms with Crippen LogP contribution in [0.1, 0.15) is 0 Å². The molecule has 0 unspecified atom stereocenters. The number of benzene rings is 1. The van der Waals surface area contributed by atoms with Crippen LogP contribution < -0.4 is 0 Å². The van der Waals surface area contributed by atoms with Crippen molar-refractivity contribution in [2.45, 2.75) is 0 Å². The molecule has 0 radical (unpaired) electrons. The summed E-state index contributed by atoms with van der Waals surface area (Å²) in [6.45, 7) is 0. The average molecular weight is 314 g/mol. The number of imidazole rings is 1. The number of hydrogen-bond donors (Lipinski definition) is 1. The molecule has 0 aliphatic heterocycles. The zero-order chi connectivity index (χ0) is 11.1. The van der Waals surface area contributed by atoms with Gasteiger partial charge in [0, 0.05) is 9.50 Å². The Bertz CT molecular complexity index is 659. The lowest BCUT2D eigenvalue weighted by atomic mass is 10.3. The molecule has 1 N–H and O–H groups in total. The fraction of sp³-hybridized carbons (Fsp3) is 0. The summed E-state index contributed by atoms with van der Waals surface area (Å²) >= 11 is 11.1. The second-order valence-electron chi connectivity index (χ2n) is 3.34. The van der Waals surface area contributed by atoms with E-state index in [9.17, 15) is 0 Å². The molecular formula is C11H6BrClN2S. The maximum atomic E-state index is 5.93. The van der Waals surface area contributed by atoms with E-state index in [-0.39, 0.29) is 0 Å². The lowest BCUT2D eigenvalue weighted by molar-refractivity contribution is 1.35. The second kappa shape index (κ2) is 3.87. The van der Waals surface area contributed by atoms with Gasteiger partial charge in [-0.15, -0.1) is 11.3 Å². The predicted octanol–water partition coefficient (Wildman–Crippen LogP) is 4.71. The standard InChI is InChI=1S/C11H6BrClN2S/c12-7-3-4-16-10(7)11-14-8-2-1-6(13)5-9(8)15-11/h1-5H,(H,14,15). The highest BCUT2D eigenvalue weighted by atomic mass is 79.9. The van der Waals surface area contributed by atoms with E-state index in [2.05, 4.69) is 25.9 Å². The van der Waals surface area contributed by atoms with Gasteiger partial charge < -0.3 is 4.98 Å². The van der Waals surface area contributed by atoms with Crippen LogP contribution in [-0.2, 0) is 0 Å². The smallest absolute Gasteiger partial charge is 0.149 e. The molecule has 0 aliphatic carbocycles. The molecule has 2 heterocycles. The van der Waals surface area contributed by atoms with Gasteiger partial charge in [0.15, 0.2) is 0 Å². The number of fused-ring (bicyclic) bond motifs is 1. The first-order chi connectivity index (χ1) is 7.74. The molecule has 2 aromatic heterocycles. The van der Waals surface area contributed by atoms with Gasteiger partial charge in [0.2, 0.25) is 0 Å². The van der Waals surface area contributed by atoms with Crippen molar-refractivity contribution in [2.75, 3.05) is 0 Å². The van der Waals surface area contributed by atoms with Crippen LogP contribution in [0.15, 0.2) is 34.1 Å². The number of nitrogens with zero attached hydrogens (tertiary/aromatic N) is 1. The van der Waals surface area contributed by atoms with Gasteiger partial charge in [-0.25, -0.2) is 4.98 Å². The third-order valence-corrected chi connectivity index (χ3v) is 4.36. The van der Waals surface area contributed by atoms with Gasteiger partial charge in [-0.2, -0.15) is 0 Å². The van der Waals surface area contributed by atoms with E-state index in [0.29, 0.717) is 5.02 Å². The highest BCUT2D eigenvalue weighted by Crippen LogP contribution is 2.33. The van der Waals surface area contributed by atoms with E-state index in [1.54, 1.807) is 11.3 Å². The van der Waals surface area contributed by atoms with Crippen LogP contribution in [0.2, 0.25) is 5.02 Å². The summed E-state index contributed by atoms with van der Waals surface area (Å²) in [7, 11) is 0. The predicted molar refractivity (Wildman–Crippen MR) is 72.1 cm³/mol. The molecular weight excluding hydrogens is 308 g/mol. The van der Waals surface area contributed by atoms with E-state index in [1.165, 1.54) is 0 Å². The maximum Gasteiger partial charge on any atom is 0.149 e. The van der Waals surface area contributed by atoms with E-state index in [0.717, 1.165) is 26.2 Å². The number of H-pyrrole nitrogens is 1. The Hall–Kier alpha value is -0.840. The summed E-state index contributed by atoms with van der Waals surface area (Å²) in [5.74, 6) is 0.874. The molecule has 0 saturated carbocycles. The van der Waals surface area contributed by atoms with Gasteiger partial charge in [0.1, 0.15) is 5.82 Å². The lowest BCUT2D eigenvalue weighted by Crippen LogP contribution is -1.74. The zero-order valence-corrected chi connectivity index (χ0v) is 11.2. The molecule has 0 spiro atoms. The Morgan fingerprint density at radius 2 is 2.19 bits per heavy atom. The van der Waals surface area contributed by atoms with Gasteiger partial charge in [-0.05, 0) is 45.6 Å². The van der Waals surface area contributed by atoms with E-state index in [1.807, 2.05) is 29.6 Å². The summed E-state index contributed by atoms with van der Waals surface area (Å²) in [6, 6.07) is 7.66. The van der Waals surface area contributed by atoms with Crippen molar-refractivity contribution in [1.82, 2.24) is 9.97 Å². The minimum absolute atomic E-state index is 0.716. The summed E-state index contributed by atoms with van der Waals surface area (Å²) in [4.78, 5) is 8.89. The lowest BCUT2D eigenvalue weighted by Gasteiger charge is -1.90. The third-order valence-electron chi connectivity index (χ3n) is 2.28. The van der Waals surface area contributed by atoms with Crippen molar-refractivity contribution in [2.24, 2.45) is 0 Å². The molecule has 0 saturated heterocycles. The Balaban J connectivity index is 2.23. The highest BCUT2D eigenvalue weighted by Gasteiger charge is 2.09. The van der Waals surface area contributed by atoms with Crippen molar-refractivity contribution in [3.05, 3.63) is 39.1 Å². The Labute approximate surface area is 109 Å². The second-order valence-corrected chi connectivity index (χ2v) is 5.55. The molecule has 0 atom stereocenters. The summed E-state index contributed by atoms with van der Waals surface area (Å²) in [5, 5.41) is 2.74. The number of nitrogens with one attached hydrogen (secondary N) is 1. The first-order valence-electron chi connectivity index (χ1n) is 4.63. The van der Waals surface area contributed by atoms with Crippen LogP contribution in [0, 0.1) is 0 Å². The van der Waals surface area contributed by atoms with E-state index in [4.69, 9.17) is 11.6 Å². The summed E-state index contributed by atoms with van der Waals surface area (Å²) in [6.07, 6.45) is 0. The van der Waals surface area contributed by atoms with Crippen LogP contribution >= 0.6 is 38.9 Å². The molecule has 2 nitrogen and oxygen atoms in total. The maximum absolute atomic E-state index is 5.93. The number of halogens is 2. The van der Waals surface area contributed by atoms with E-state index < -0.39 is 0 Å². The van der Waals surface area contributed by atoms with Crippen molar-refractivity contribution in [3.63, 3.8) is 0 Å². The van der Waals surface area contributed by atoms with Crippen LogP contribution in [0.25, 0.3) is 21.7 Å². The average Bonchev–Trinajstić information content (AvgIpc) is 2.82. The molecule has 80 valence electrons.